The Kier molecular flexibility index (Phi) is 4.96. The normalized spacial score (nSPS) is 12.0. The predicted molar refractivity (Wildman–Crippen MR) is 184 cm³/mol. The SMILES string of the molecule is c1ccc(-c2cc(-c3cccc4oc5ccccc5c34)nc(-n3c4ccccc4c4c5oc6ccccc6c5ccc43)c2)cc1. The van der Waals surface area contributed by atoms with Gasteiger partial charge in [0.15, 0.2) is 0 Å². The van der Waals surface area contributed by atoms with E-state index in [0.29, 0.717) is 0 Å². The molecule has 0 bridgehead atoms. The molecular formula is C41H24N2O2. The molecule has 0 radical (unpaired) electrons. The van der Waals surface area contributed by atoms with Crippen molar-refractivity contribution in [3.63, 3.8) is 0 Å². The van der Waals surface area contributed by atoms with Crippen molar-refractivity contribution in [2.24, 2.45) is 0 Å². The second-order valence-corrected chi connectivity index (χ2v) is 11.5. The number of benzene rings is 6. The van der Waals surface area contributed by atoms with Gasteiger partial charge in [0.05, 0.1) is 22.1 Å². The highest BCUT2D eigenvalue weighted by Crippen LogP contribution is 2.42. The van der Waals surface area contributed by atoms with E-state index in [9.17, 15) is 0 Å². The van der Waals surface area contributed by atoms with Crippen molar-refractivity contribution in [3.05, 3.63) is 146 Å². The Morgan fingerprint density at radius 1 is 0.444 bits per heavy atom. The van der Waals surface area contributed by atoms with E-state index in [4.69, 9.17) is 13.8 Å². The Bertz CT molecular complexity index is 2760. The Morgan fingerprint density at radius 2 is 1.16 bits per heavy atom. The molecule has 210 valence electrons. The number of aromatic nitrogens is 2. The lowest BCUT2D eigenvalue weighted by molar-refractivity contribution is 0.669. The quantitative estimate of drug-likeness (QED) is 0.210. The summed E-state index contributed by atoms with van der Waals surface area (Å²) in [6, 6.07) is 50.5. The van der Waals surface area contributed by atoms with Gasteiger partial charge in [-0.1, -0.05) is 97.1 Å². The van der Waals surface area contributed by atoms with Crippen molar-refractivity contribution in [2.75, 3.05) is 0 Å². The van der Waals surface area contributed by atoms with Gasteiger partial charge in [-0.3, -0.25) is 4.57 Å². The number of hydrogen-bond acceptors (Lipinski definition) is 3. The molecule has 0 fully saturated rings. The smallest absolute Gasteiger partial charge is 0.145 e. The highest BCUT2D eigenvalue weighted by atomic mass is 16.3. The number of furan rings is 2. The van der Waals surface area contributed by atoms with Crippen LogP contribution in [0.2, 0.25) is 0 Å². The average Bonchev–Trinajstić information content (AvgIpc) is 3.78. The summed E-state index contributed by atoms with van der Waals surface area (Å²) in [4.78, 5) is 5.42. The molecule has 0 aliphatic rings. The lowest BCUT2D eigenvalue weighted by atomic mass is 9.99. The van der Waals surface area contributed by atoms with Crippen molar-refractivity contribution < 1.29 is 8.83 Å². The molecule has 6 aromatic carbocycles. The summed E-state index contributed by atoms with van der Waals surface area (Å²) in [6.07, 6.45) is 0. The molecule has 0 saturated carbocycles. The molecule has 0 amide bonds. The van der Waals surface area contributed by atoms with Crippen molar-refractivity contribution in [1.82, 2.24) is 9.55 Å². The summed E-state index contributed by atoms with van der Waals surface area (Å²) >= 11 is 0. The van der Waals surface area contributed by atoms with E-state index in [1.54, 1.807) is 0 Å². The number of para-hydroxylation sites is 3. The first kappa shape index (κ1) is 24.3. The van der Waals surface area contributed by atoms with Crippen LogP contribution in [-0.2, 0) is 0 Å². The van der Waals surface area contributed by atoms with Gasteiger partial charge in [0, 0.05) is 32.5 Å². The third-order valence-electron chi connectivity index (χ3n) is 9.01. The molecule has 4 nitrogen and oxygen atoms in total. The Hall–Kier alpha value is -6.13. The van der Waals surface area contributed by atoms with Crippen LogP contribution in [0.1, 0.15) is 0 Å². The van der Waals surface area contributed by atoms with Gasteiger partial charge in [-0.05, 0) is 59.7 Å². The Morgan fingerprint density at radius 3 is 2.02 bits per heavy atom. The van der Waals surface area contributed by atoms with E-state index in [1.165, 1.54) is 0 Å². The van der Waals surface area contributed by atoms with Gasteiger partial charge in [0.1, 0.15) is 28.1 Å². The first-order valence-corrected chi connectivity index (χ1v) is 15.1. The maximum Gasteiger partial charge on any atom is 0.145 e. The Balaban J connectivity index is 1.32. The minimum absolute atomic E-state index is 0.845. The average molecular weight is 577 g/mol. The predicted octanol–water partition coefficient (Wildman–Crippen LogP) is 11.3. The lowest BCUT2D eigenvalue weighted by Crippen LogP contribution is -2.00. The van der Waals surface area contributed by atoms with Gasteiger partial charge in [-0.25, -0.2) is 4.98 Å². The summed E-state index contributed by atoms with van der Waals surface area (Å²) in [5.74, 6) is 0.845. The second kappa shape index (κ2) is 9.18. The zero-order chi connectivity index (χ0) is 29.5. The van der Waals surface area contributed by atoms with Crippen LogP contribution >= 0.6 is 0 Å². The van der Waals surface area contributed by atoms with Crippen LogP contribution in [0.4, 0.5) is 0 Å². The second-order valence-electron chi connectivity index (χ2n) is 11.5. The maximum absolute atomic E-state index is 6.55. The third kappa shape index (κ3) is 3.51. The van der Waals surface area contributed by atoms with Crippen LogP contribution in [0.3, 0.4) is 0 Å². The van der Waals surface area contributed by atoms with E-state index in [-0.39, 0.29) is 0 Å². The number of nitrogens with zero attached hydrogens (tertiary/aromatic N) is 2. The molecule has 4 aromatic heterocycles. The first-order valence-electron chi connectivity index (χ1n) is 15.1. The summed E-state index contributed by atoms with van der Waals surface area (Å²) in [7, 11) is 0. The Labute approximate surface area is 257 Å². The molecule has 0 N–H and O–H groups in total. The molecule has 0 atom stereocenters. The molecule has 45 heavy (non-hydrogen) atoms. The fourth-order valence-corrected chi connectivity index (χ4v) is 7.04. The maximum atomic E-state index is 6.55. The van der Waals surface area contributed by atoms with Gasteiger partial charge in [-0.2, -0.15) is 0 Å². The standard InChI is InChI=1S/C41H24N2O2/c1-2-11-25(12-3-1)26-23-32(29-16-10-20-37-39(29)31-15-6-9-19-36(31)44-37)42-38(24-26)43-33-17-7-4-14-30(33)40-34(43)22-21-28-27-13-5-8-18-35(27)45-41(28)40/h1-24H. The van der Waals surface area contributed by atoms with Crippen LogP contribution in [-0.4, -0.2) is 9.55 Å². The minimum atomic E-state index is 0.845. The molecule has 4 heteroatoms. The molecule has 0 unspecified atom stereocenters. The number of rotatable bonds is 3. The fraction of sp³-hybridized carbons (Fsp3) is 0. The molecule has 0 saturated heterocycles. The van der Waals surface area contributed by atoms with Crippen molar-refractivity contribution in [2.45, 2.75) is 0 Å². The molecule has 0 aliphatic carbocycles. The molecule has 4 heterocycles. The van der Waals surface area contributed by atoms with E-state index < -0.39 is 0 Å². The molecule has 0 aliphatic heterocycles. The van der Waals surface area contributed by atoms with E-state index in [1.807, 2.05) is 30.3 Å². The van der Waals surface area contributed by atoms with Gasteiger partial charge in [0.25, 0.3) is 0 Å². The van der Waals surface area contributed by atoms with Gasteiger partial charge in [0.2, 0.25) is 0 Å². The van der Waals surface area contributed by atoms with Crippen LogP contribution in [0, 0.1) is 0 Å². The monoisotopic (exact) mass is 576 g/mol. The van der Waals surface area contributed by atoms with Gasteiger partial charge in [-0.15, -0.1) is 0 Å². The molecule has 10 aromatic rings. The summed E-state index contributed by atoms with van der Waals surface area (Å²) in [5.41, 5.74) is 9.80. The largest absolute Gasteiger partial charge is 0.456 e. The van der Waals surface area contributed by atoms with E-state index in [0.717, 1.165) is 93.9 Å². The third-order valence-corrected chi connectivity index (χ3v) is 9.01. The highest BCUT2D eigenvalue weighted by molar-refractivity contribution is 6.23. The zero-order valence-electron chi connectivity index (χ0n) is 24.1. The zero-order valence-corrected chi connectivity index (χ0v) is 24.1. The molecular weight excluding hydrogens is 552 g/mol. The molecule has 0 spiro atoms. The van der Waals surface area contributed by atoms with Crippen molar-refractivity contribution in [3.8, 4) is 28.2 Å². The van der Waals surface area contributed by atoms with Crippen molar-refractivity contribution in [1.29, 1.82) is 0 Å². The van der Waals surface area contributed by atoms with Gasteiger partial charge >= 0.3 is 0 Å². The van der Waals surface area contributed by atoms with Crippen molar-refractivity contribution >= 4 is 65.7 Å². The van der Waals surface area contributed by atoms with Gasteiger partial charge < -0.3 is 8.83 Å². The summed E-state index contributed by atoms with van der Waals surface area (Å²) in [6.45, 7) is 0. The van der Waals surface area contributed by atoms with Crippen LogP contribution in [0.15, 0.2) is 154 Å². The molecule has 10 rings (SSSR count). The van der Waals surface area contributed by atoms with E-state index in [2.05, 4.69) is 120 Å². The highest BCUT2D eigenvalue weighted by Gasteiger charge is 2.21. The topological polar surface area (TPSA) is 44.1 Å². The minimum Gasteiger partial charge on any atom is -0.456 e. The number of fused-ring (bicyclic) bond motifs is 10. The fourth-order valence-electron chi connectivity index (χ4n) is 7.04. The number of pyridine rings is 1. The summed E-state index contributed by atoms with van der Waals surface area (Å²) < 4.78 is 15.1. The van der Waals surface area contributed by atoms with E-state index >= 15 is 0 Å². The summed E-state index contributed by atoms with van der Waals surface area (Å²) in [5, 5.41) is 6.62. The lowest BCUT2D eigenvalue weighted by Gasteiger charge is -2.13. The van der Waals surface area contributed by atoms with Crippen LogP contribution in [0.5, 0.6) is 0 Å². The number of hydrogen-bond donors (Lipinski definition) is 0. The van der Waals surface area contributed by atoms with Crippen LogP contribution < -0.4 is 0 Å². The first-order chi connectivity index (χ1) is 22.3. The van der Waals surface area contributed by atoms with Crippen LogP contribution in [0.25, 0.3) is 93.9 Å².